The Labute approximate surface area is 198 Å². The van der Waals surface area contributed by atoms with Crippen LogP contribution in [0.1, 0.15) is 27.7 Å². The van der Waals surface area contributed by atoms with Gasteiger partial charge in [-0.15, -0.1) is 0 Å². The van der Waals surface area contributed by atoms with Gasteiger partial charge in [0.1, 0.15) is 0 Å². The maximum atomic E-state index is 12.6. The highest BCUT2D eigenvalue weighted by atomic mass is 16.6. The van der Waals surface area contributed by atoms with Crippen LogP contribution in [-0.2, 0) is 11.3 Å². The molecule has 1 heterocycles. The van der Waals surface area contributed by atoms with Gasteiger partial charge < -0.3 is 33.3 Å². The van der Waals surface area contributed by atoms with Crippen LogP contribution >= 0.6 is 0 Å². The molecule has 1 unspecified atom stereocenters. The lowest BCUT2D eigenvalue weighted by Crippen LogP contribution is -2.28. The van der Waals surface area contributed by atoms with Crippen molar-refractivity contribution in [3.63, 3.8) is 0 Å². The highest BCUT2D eigenvalue weighted by Gasteiger charge is 2.36. The highest BCUT2D eigenvalue weighted by Crippen LogP contribution is 2.42. The monoisotopic (exact) mass is 465 g/mol. The first-order chi connectivity index (χ1) is 16.5. The van der Waals surface area contributed by atoms with E-state index in [-0.39, 0.29) is 5.97 Å². The molecule has 4 rings (SSSR count). The summed E-state index contributed by atoms with van der Waals surface area (Å²) >= 11 is 0. The Morgan fingerprint density at radius 3 is 2.03 bits per heavy atom. The third-order valence-electron chi connectivity index (χ3n) is 5.72. The maximum Gasteiger partial charge on any atom is 0.340 e. The second-order valence-electron chi connectivity index (χ2n) is 7.55. The minimum atomic E-state index is -0.638. The van der Waals surface area contributed by atoms with Gasteiger partial charge in [0.2, 0.25) is 12.0 Å². The predicted molar refractivity (Wildman–Crippen MR) is 126 cm³/mol. The summed E-state index contributed by atoms with van der Waals surface area (Å²) in [6.45, 7) is 0.373. The number of cyclic esters (lactones) is 1. The van der Waals surface area contributed by atoms with Gasteiger partial charge in [0.05, 0.1) is 41.1 Å². The van der Waals surface area contributed by atoms with Gasteiger partial charge in [-0.1, -0.05) is 18.2 Å². The fraction of sp³-hybridized carbons (Fsp3) is 0.269. The average molecular weight is 466 g/mol. The Hall–Kier alpha value is -4.07. The second-order valence-corrected chi connectivity index (χ2v) is 7.55. The van der Waals surface area contributed by atoms with Crippen LogP contribution in [0.25, 0.3) is 0 Å². The number of fused-ring (bicyclic) bond motifs is 1. The lowest BCUT2D eigenvalue weighted by Gasteiger charge is -2.31. The van der Waals surface area contributed by atoms with E-state index < -0.39 is 6.23 Å². The molecule has 0 saturated heterocycles. The molecule has 0 amide bonds. The second kappa shape index (κ2) is 9.82. The van der Waals surface area contributed by atoms with Crippen molar-refractivity contribution in [1.82, 2.24) is 0 Å². The zero-order chi connectivity index (χ0) is 24.2. The van der Waals surface area contributed by atoms with E-state index in [2.05, 4.69) is 0 Å². The van der Waals surface area contributed by atoms with E-state index in [0.717, 1.165) is 16.8 Å². The largest absolute Gasteiger partial charge is 0.493 e. The number of anilines is 1. The minimum absolute atomic E-state index is 0.365. The van der Waals surface area contributed by atoms with E-state index in [1.54, 1.807) is 41.6 Å². The molecule has 0 bridgehead atoms. The van der Waals surface area contributed by atoms with Gasteiger partial charge in [0.25, 0.3) is 0 Å². The van der Waals surface area contributed by atoms with E-state index in [9.17, 15) is 4.79 Å². The normalized spacial score (nSPS) is 14.1. The summed E-state index contributed by atoms with van der Waals surface area (Å²) in [7, 11) is 7.87. The van der Waals surface area contributed by atoms with Gasteiger partial charge in [0, 0.05) is 23.9 Å². The van der Waals surface area contributed by atoms with Crippen LogP contribution in [0.15, 0.2) is 54.6 Å². The Kier molecular flexibility index (Phi) is 6.67. The highest BCUT2D eigenvalue weighted by molar-refractivity contribution is 5.94. The fourth-order valence-electron chi connectivity index (χ4n) is 4.09. The first-order valence-corrected chi connectivity index (χ1v) is 10.6. The van der Waals surface area contributed by atoms with E-state index in [1.807, 2.05) is 53.4 Å². The van der Waals surface area contributed by atoms with Crippen molar-refractivity contribution in [1.29, 1.82) is 0 Å². The quantitative estimate of drug-likeness (QED) is 0.424. The van der Waals surface area contributed by atoms with Crippen LogP contribution in [0.3, 0.4) is 0 Å². The zero-order valence-corrected chi connectivity index (χ0v) is 19.8. The molecule has 34 heavy (non-hydrogen) atoms. The lowest BCUT2D eigenvalue weighted by atomic mass is 10.1. The van der Waals surface area contributed by atoms with Crippen molar-refractivity contribution < 1.29 is 33.2 Å². The average Bonchev–Trinajstić information content (AvgIpc) is 3.22. The minimum Gasteiger partial charge on any atom is -0.493 e. The number of methoxy groups -OCH3 is 5. The van der Waals surface area contributed by atoms with Crippen molar-refractivity contribution in [2.45, 2.75) is 12.8 Å². The number of ether oxygens (including phenoxy) is 6. The molecule has 0 radical (unpaired) electrons. The number of benzene rings is 3. The van der Waals surface area contributed by atoms with Crippen molar-refractivity contribution in [2.24, 2.45) is 0 Å². The molecule has 0 N–H and O–H groups in total. The van der Waals surface area contributed by atoms with Crippen LogP contribution in [0.4, 0.5) is 5.69 Å². The zero-order valence-electron chi connectivity index (χ0n) is 19.8. The van der Waals surface area contributed by atoms with E-state index in [0.29, 0.717) is 40.9 Å². The standard InChI is InChI=1S/C26H27NO7/c1-29-20-11-10-17(14-21(20)30-2)27(25-18-8-6-7-9-19(18)26(28)34-25)15-16-12-22(31-3)24(33-5)23(13-16)32-4/h6-14,25H,15H2,1-5H3. The first-order valence-electron chi connectivity index (χ1n) is 10.6. The molecule has 0 fully saturated rings. The Balaban J connectivity index is 1.82. The number of esters is 1. The van der Waals surface area contributed by atoms with Crippen molar-refractivity contribution in [3.05, 3.63) is 71.3 Å². The van der Waals surface area contributed by atoms with Gasteiger partial charge in [-0.2, -0.15) is 0 Å². The van der Waals surface area contributed by atoms with Gasteiger partial charge in [-0.05, 0) is 35.9 Å². The molecule has 8 nitrogen and oxygen atoms in total. The summed E-state index contributed by atoms with van der Waals surface area (Å²) in [5, 5.41) is 0. The summed E-state index contributed by atoms with van der Waals surface area (Å²) in [6.07, 6.45) is -0.638. The number of hydrogen-bond acceptors (Lipinski definition) is 8. The Bertz CT molecular complexity index is 1170. The molecule has 3 aromatic carbocycles. The number of nitrogens with zero attached hydrogens (tertiary/aromatic N) is 1. The molecular formula is C26H27NO7. The SMILES string of the molecule is COc1ccc(N(Cc2cc(OC)c(OC)c(OC)c2)C2OC(=O)c3ccccc32)cc1OC. The van der Waals surface area contributed by atoms with Gasteiger partial charge in [-0.3, -0.25) is 0 Å². The number of rotatable bonds is 9. The van der Waals surface area contributed by atoms with Crippen molar-refractivity contribution in [3.8, 4) is 28.7 Å². The summed E-state index contributed by atoms with van der Waals surface area (Å²) < 4.78 is 33.3. The smallest absolute Gasteiger partial charge is 0.340 e. The molecular weight excluding hydrogens is 438 g/mol. The summed E-state index contributed by atoms with van der Waals surface area (Å²) in [6, 6.07) is 16.7. The summed E-state index contributed by atoms with van der Waals surface area (Å²) in [4.78, 5) is 14.6. The third-order valence-corrected chi connectivity index (χ3v) is 5.72. The van der Waals surface area contributed by atoms with Crippen LogP contribution in [0, 0.1) is 0 Å². The fourth-order valence-corrected chi connectivity index (χ4v) is 4.09. The molecule has 0 aromatic heterocycles. The van der Waals surface area contributed by atoms with E-state index in [1.165, 1.54) is 0 Å². The third kappa shape index (κ3) is 4.14. The maximum absolute atomic E-state index is 12.6. The Morgan fingerprint density at radius 1 is 0.765 bits per heavy atom. The van der Waals surface area contributed by atoms with Crippen LogP contribution in [-0.4, -0.2) is 41.5 Å². The molecule has 0 aliphatic carbocycles. The summed E-state index contributed by atoms with van der Waals surface area (Å²) in [5.74, 6) is 2.37. The Morgan fingerprint density at radius 2 is 1.41 bits per heavy atom. The van der Waals surface area contributed by atoms with Gasteiger partial charge >= 0.3 is 5.97 Å². The van der Waals surface area contributed by atoms with E-state index >= 15 is 0 Å². The van der Waals surface area contributed by atoms with Gasteiger partial charge in [0.15, 0.2) is 23.0 Å². The molecule has 0 saturated carbocycles. The predicted octanol–water partition coefficient (Wildman–Crippen LogP) is 4.61. The molecule has 1 aliphatic rings. The lowest BCUT2D eigenvalue weighted by molar-refractivity contribution is 0.0374. The molecule has 1 aliphatic heterocycles. The van der Waals surface area contributed by atoms with E-state index in [4.69, 9.17) is 28.4 Å². The number of hydrogen-bond donors (Lipinski definition) is 0. The number of carbonyl (C=O) groups excluding carboxylic acids is 1. The first kappa shape index (κ1) is 23.1. The molecule has 0 spiro atoms. The molecule has 3 aromatic rings. The van der Waals surface area contributed by atoms with Crippen molar-refractivity contribution >= 4 is 11.7 Å². The molecule has 1 atom stereocenters. The summed E-state index contributed by atoms with van der Waals surface area (Å²) in [5.41, 5.74) is 2.98. The van der Waals surface area contributed by atoms with Gasteiger partial charge in [-0.25, -0.2) is 4.79 Å². The molecule has 178 valence electrons. The van der Waals surface area contributed by atoms with Crippen LogP contribution in [0.5, 0.6) is 28.7 Å². The van der Waals surface area contributed by atoms with Crippen LogP contribution < -0.4 is 28.6 Å². The number of carbonyl (C=O) groups is 1. The van der Waals surface area contributed by atoms with Crippen molar-refractivity contribution in [2.75, 3.05) is 40.4 Å². The molecule has 8 heteroatoms. The van der Waals surface area contributed by atoms with Crippen LogP contribution in [0.2, 0.25) is 0 Å². The topological polar surface area (TPSA) is 75.7 Å².